The quantitative estimate of drug-likeness (QED) is 0.219. The Balaban J connectivity index is 1.80. The molecule has 1 aromatic heterocycles. The highest BCUT2D eigenvalue weighted by Crippen LogP contribution is 2.35. The minimum atomic E-state index is -4.67. The van der Waals surface area contributed by atoms with Crippen molar-refractivity contribution in [2.75, 3.05) is 0 Å². The molecule has 0 atom stereocenters. The van der Waals surface area contributed by atoms with Crippen molar-refractivity contribution in [3.8, 4) is 22.8 Å². The molecule has 0 aliphatic heterocycles. The van der Waals surface area contributed by atoms with Crippen LogP contribution in [0.2, 0.25) is 0 Å². The van der Waals surface area contributed by atoms with Gasteiger partial charge in [0.2, 0.25) is 0 Å². The number of hydrogen-bond donors (Lipinski definition) is 0. The fourth-order valence-corrected chi connectivity index (χ4v) is 2.80. The number of esters is 2. The van der Waals surface area contributed by atoms with E-state index < -0.39 is 23.7 Å². The summed E-state index contributed by atoms with van der Waals surface area (Å²) in [6.07, 6.45) is -0.969. The van der Waals surface area contributed by atoms with Gasteiger partial charge in [-0.25, -0.2) is 9.59 Å². The number of furan rings is 1. The van der Waals surface area contributed by atoms with E-state index in [-0.39, 0.29) is 16.9 Å². The molecule has 2 aromatic carbocycles. The predicted molar refractivity (Wildman–Crippen MR) is 121 cm³/mol. The average Bonchev–Trinajstić information content (AvgIpc) is 3.27. The van der Waals surface area contributed by atoms with Gasteiger partial charge in [0, 0.05) is 17.2 Å². The van der Waals surface area contributed by atoms with Crippen molar-refractivity contribution < 1.29 is 36.7 Å². The topological polar surface area (TPSA) is 65.7 Å². The summed E-state index contributed by atoms with van der Waals surface area (Å²) in [5.74, 6) is -0.510. The minimum absolute atomic E-state index is 0.0681. The fraction of sp³-hybridized carbons (Fsp3) is 0.0769. The summed E-state index contributed by atoms with van der Waals surface area (Å²) in [5, 5.41) is 0. The van der Waals surface area contributed by atoms with Crippen molar-refractivity contribution in [1.29, 1.82) is 0 Å². The number of carbonyl (C=O) groups is 2. The molecule has 0 saturated heterocycles. The molecule has 3 rings (SSSR count). The molecule has 0 amide bonds. The van der Waals surface area contributed by atoms with E-state index in [0.717, 1.165) is 12.1 Å². The van der Waals surface area contributed by atoms with Gasteiger partial charge in [0.25, 0.3) is 0 Å². The molecule has 0 saturated carbocycles. The zero-order valence-corrected chi connectivity index (χ0v) is 18.0. The number of rotatable bonds is 7. The summed E-state index contributed by atoms with van der Waals surface area (Å²) in [7, 11) is 0. The Morgan fingerprint density at radius 3 is 2.24 bits per heavy atom. The second-order valence-corrected chi connectivity index (χ2v) is 7.10. The summed E-state index contributed by atoms with van der Waals surface area (Å²) in [6, 6.07) is 13.0. The summed E-state index contributed by atoms with van der Waals surface area (Å²) in [5.41, 5.74) is -0.350. The first-order chi connectivity index (χ1) is 16.1. The molecule has 0 aliphatic carbocycles. The van der Waals surface area contributed by atoms with Crippen molar-refractivity contribution in [1.82, 2.24) is 0 Å². The molecule has 0 unspecified atom stereocenters. The average molecular weight is 468 g/mol. The summed E-state index contributed by atoms with van der Waals surface area (Å²) >= 11 is 0. The first kappa shape index (κ1) is 24.3. The Labute approximate surface area is 193 Å². The van der Waals surface area contributed by atoms with Crippen LogP contribution in [0, 0.1) is 0 Å². The van der Waals surface area contributed by atoms with Gasteiger partial charge in [-0.2, -0.15) is 13.2 Å². The highest BCUT2D eigenvalue weighted by atomic mass is 19.4. The van der Waals surface area contributed by atoms with Crippen LogP contribution < -0.4 is 9.47 Å². The molecule has 5 nitrogen and oxygen atoms in total. The third-order valence-electron chi connectivity index (χ3n) is 4.47. The van der Waals surface area contributed by atoms with E-state index >= 15 is 0 Å². The Kier molecular flexibility index (Phi) is 7.21. The normalized spacial score (nSPS) is 11.3. The number of benzene rings is 2. The van der Waals surface area contributed by atoms with Gasteiger partial charge < -0.3 is 13.9 Å². The smallest absolute Gasteiger partial charge is 0.417 e. The van der Waals surface area contributed by atoms with Crippen LogP contribution in [-0.2, 0) is 15.8 Å². The molecule has 0 N–H and O–H groups in total. The highest BCUT2D eigenvalue weighted by Gasteiger charge is 2.33. The number of halogens is 3. The molecule has 8 heteroatoms. The molecule has 0 bridgehead atoms. The third-order valence-corrected chi connectivity index (χ3v) is 4.47. The first-order valence-corrected chi connectivity index (χ1v) is 9.88. The molecular weight excluding hydrogens is 449 g/mol. The van der Waals surface area contributed by atoms with Crippen molar-refractivity contribution >= 4 is 24.1 Å². The molecular formula is C26H19F3O5. The predicted octanol–water partition coefficient (Wildman–Crippen LogP) is 6.71. The number of hydrogen-bond acceptors (Lipinski definition) is 5. The molecule has 0 radical (unpaired) electrons. The number of alkyl halides is 3. The molecule has 0 spiro atoms. The summed E-state index contributed by atoms with van der Waals surface area (Å²) in [6.45, 7) is 8.12. The van der Waals surface area contributed by atoms with Crippen LogP contribution in [0.15, 0.2) is 83.8 Å². The van der Waals surface area contributed by atoms with Crippen molar-refractivity contribution in [3.05, 3.63) is 96.3 Å². The number of carbonyl (C=O) groups excluding carboxylic acids is 2. The third kappa shape index (κ3) is 6.13. The zero-order valence-electron chi connectivity index (χ0n) is 18.0. The monoisotopic (exact) mass is 468 g/mol. The summed E-state index contributed by atoms with van der Waals surface area (Å²) in [4.78, 5) is 22.9. The maximum atomic E-state index is 13.6. The van der Waals surface area contributed by atoms with Gasteiger partial charge in [0.1, 0.15) is 23.0 Å². The lowest BCUT2D eigenvalue weighted by molar-refractivity contribution is -0.138. The van der Waals surface area contributed by atoms with Gasteiger partial charge in [0.05, 0.1) is 5.56 Å². The van der Waals surface area contributed by atoms with Crippen LogP contribution >= 0.6 is 0 Å². The van der Waals surface area contributed by atoms with E-state index in [4.69, 9.17) is 13.9 Å². The van der Waals surface area contributed by atoms with Gasteiger partial charge in [-0.1, -0.05) is 25.3 Å². The molecule has 174 valence electrons. The SMILES string of the molecule is C=CC(=O)Oc1ccc(-c2ccc(/C=C/c3ccc(OC(=O)C(=C)C)cc3C(F)(F)F)o2)cc1. The maximum Gasteiger partial charge on any atom is 0.417 e. The van der Waals surface area contributed by atoms with E-state index in [2.05, 4.69) is 13.2 Å². The first-order valence-electron chi connectivity index (χ1n) is 9.88. The largest absolute Gasteiger partial charge is 0.457 e. The van der Waals surface area contributed by atoms with Crippen LogP contribution in [-0.4, -0.2) is 11.9 Å². The Bertz CT molecular complexity index is 1260. The Morgan fingerprint density at radius 2 is 1.62 bits per heavy atom. The second-order valence-electron chi connectivity index (χ2n) is 7.10. The molecule has 0 fully saturated rings. The molecule has 0 aliphatic rings. The molecule has 1 heterocycles. The van der Waals surface area contributed by atoms with Crippen molar-refractivity contribution in [3.63, 3.8) is 0 Å². The Morgan fingerprint density at radius 1 is 0.941 bits per heavy atom. The van der Waals surface area contributed by atoms with E-state index in [1.807, 2.05) is 0 Å². The fourth-order valence-electron chi connectivity index (χ4n) is 2.80. The van der Waals surface area contributed by atoms with Crippen LogP contribution in [0.25, 0.3) is 23.5 Å². The van der Waals surface area contributed by atoms with Gasteiger partial charge in [0.15, 0.2) is 0 Å². The van der Waals surface area contributed by atoms with E-state index in [1.165, 1.54) is 31.2 Å². The minimum Gasteiger partial charge on any atom is -0.457 e. The van der Waals surface area contributed by atoms with Gasteiger partial charge in [-0.15, -0.1) is 0 Å². The van der Waals surface area contributed by atoms with Crippen LogP contribution in [0.3, 0.4) is 0 Å². The second kappa shape index (κ2) is 10.1. The summed E-state index contributed by atoms with van der Waals surface area (Å²) < 4.78 is 56.3. The van der Waals surface area contributed by atoms with Gasteiger partial charge >= 0.3 is 18.1 Å². The number of ether oxygens (including phenoxy) is 2. The van der Waals surface area contributed by atoms with Gasteiger partial charge in [-0.3, -0.25) is 0 Å². The lowest BCUT2D eigenvalue weighted by Gasteiger charge is -2.12. The highest BCUT2D eigenvalue weighted by molar-refractivity contribution is 5.89. The van der Waals surface area contributed by atoms with E-state index in [9.17, 15) is 22.8 Å². The standard InChI is InChI=1S/C26H19F3O5/c1-4-24(30)33-20-10-7-18(8-11-20)23-14-13-19(32-23)9-5-17-6-12-21(34-25(31)16(2)3)15-22(17)26(27,28)29/h4-15H,1-2H2,3H3/b9-5+. The van der Waals surface area contributed by atoms with E-state index in [1.54, 1.807) is 36.4 Å². The maximum absolute atomic E-state index is 13.6. The lowest BCUT2D eigenvalue weighted by atomic mass is 10.1. The van der Waals surface area contributed by atoms with Crippen molar-refractivity contribution in [2.45, 2.75) is 13.1 Å². The van der Waals surface area contributed by atoms with Crippen LogP contribution in [0.5, 0.6) is 11.5 Å². The van der Waals surface area contributed by atoms with Crippen LogP contribution in [0.4, 0.5) is 13.2 Å². The van der Waals surface area contributed by atoms with Crippen molar-refractivity contribution in [2.24, 2.45) is 0 Å². The molecule has 3 aromatic rings. The van der Waals surface area contributed by atoms with Crippen LogP contribution in [0.1, 0.15) is 23.8 Å². The lowest BCUT2D eigenvalue weighted by Crippen LogP contribution is -2.11. The Hall–Kier alpha value is -4.33. The van der Waals surface area contributed by atoms with Gasteiger partial charge in [-0.05, 0) is 67.1 Å². The zero-order chi connectivity index (χ0) is 24.9. The van der Waals surface area contributed by atoms with E-state index in [0.29, 0.717) is 22.8 Å². The molecule has 34 heavy (non-hydrogen) atoms.